The van der Waals surface area contributed by atoms with E-state index in [-0.39, 0.29) is 6.04 Å². The Morgan fingerprint density at radius 2 is 2.35 bits per heavy atom. The number of fused-ring (bicyclic) bond motifs is 1. The van der Waals surface area contributed by atoms with Crippen molar-refractivity contribution in [2.75, 3.05) is 6.61 Å². The van der Waals surface area contributed by atoms with E-state index in [2.05, 4.69) is 21.5 Å². The molecule has 104 valence electrons. The van der Waals surface area contributed by atoms with Gasteiger partial charge in [-0.3, -0.25) is 0 Å². The second-order valence-electron chi connectivity index (χ2n) is 4.43. The van der Waals surface area contributed by atoms with Gasteiger partial charge in [-0.05, 0) is 38.2 Å². The number of aromatic nitrogens is 3. The third-order valence-corrected chi connectivity index (χ3v) is 4.46. The lowest BCUT2D eigenvalue weighted by Gasteiger charge is -2.12. The minimum absolute atomic E-state index is 0.105. The van der Waals surface area contributed by atoms with Crippen LogP contribution < -0.4 is 4.74 Å². The molecule has 1 atom stereocenters. The zero-order valence-corrected chi connectivity index (χ0v) is 12.9. The van der Waals surface area contributed by atoms with Crippen molar-refractivity contribution in [2.24, 2.45) is 0 Å². The van der Waals surface area contributed by atoms with E-state index >= 15 is 0 Å². The summed E-state index contributed by atoms with van der Waals surface area (Å²) in [6, 6.07) is 6.10. The van der Waals surface area contributed by atoms with E-state index in [9.17, 15) is 0 Å². The summed E-state index contributed by atoms with van der Waals surface area (Å²) >= 11 is 7.11. The highest BCUT2D eigenvalue weighted by molar-refractivity contribution is 7.71. The molecule has 0 aliphatic carbocycles. The van der Waals surface area contributed by atoms with Gasteiger partial charge in [-0.25, -0.2) is 4.98 Å². The number of aromatic amines is 1. The molecule has 3 aromatic rings. The summed E-state index contributed by atoms with van der Waals surface area (Å²) in [6.45, 7) is 4.71. The Morgan fingerprint density at radius 1 is 1.50 bits per heavy atom. The van der Waals surface area contributed by atoms with Gasteiger partial charge in [-0.1, -0.05) is 6.07 Å². The van der Waals surface area contributed by atoms with Gasteiger partial charge in [0.1, 0.15) is 16.3 Å². The maximum atomic E-state index is 5.65. The van der Waals surface area contributed by atoms with Crippen LogP contribution >= 0.6 is 23.6 Å². The van der Waals surface area contributed by atoms with Crippen LogP contribution in [0.1, 0.15) is 24.9 Å². The summed E-state index contributed by atoms with van der Waals surface area (Å²) in [5.41, 5.74) is 1.99. The first kappa shape index (κ1) is 13.3. The molecule has 0 aliphatic rings. The first-order chi connectivity index (χ1) is 9.72. The van der Waals surface area contributed by atoms with Crippen LogP contribution in [0.15, 0.2) is 29.8 Å². The largest absolute Gasteiger partial charge is 0.492 e. The number of ether oxygens (including phenoxy) is 1. The minimum Gasteiger partial charge on any atom is -0.492 e. The lowest BCUT2D eigenvalue weighted by molar-refractivity contribution is 0.343. The predicted molar refractivity (Wildman–Crippen MR) is 84.2 cm³/mol. The standard InChI is InChI=1S/C14H15N3OS2/c1-3-18-11-6-4-5-10-12(11)16-14(19)17(10)9(2)13-15-7-8-20-13/h4-9H,3H2,1-2H3,(H,16,19). The molecule has 0 saturated heterocycles. The molecule has 0 radical (unpaired) electrons. The molecule has 6 heteroatoms. The Labute approximate surface area is 126 Å². The quantitative estimate of drug-likeness (QED) is 0.736. The maximum Gasteiger partial charge on any atom is 0.178 e. The van der Waals surface area contributed by atoms with E-state index in [0.29, 0.717) is 11.4 Å². The summed E-state index contributed by atoms with van der Waals surface area (Å²) in [7, 11) is 0. The topological polar surface area (TPSA) is 42.8 Å². The van der Waals surface area contributed by atoms with Crippen molar-refractivity contribution >= 4 is 34.6 Å². The third kappa shape index (κ3) is 2.14. The zero-order chi connectivity index (χ0) is 14.1. The molecule has 2 aromatic heterocycles. The average Bonchev–Trinajstić information content (AvgIpc) is 3.06. The lowest BCUT2D eigenvalue weighted by atomic mass is 10.2. The molecular weight excluding hydrogens is 290 g/mol. The van der Waals surface area contributed by atoms with Crippen LogP contribution in [0.5, 0.6) is 5.75 Å². The maximum absolute atomic E-state index is 5.65. The lowest BCUT2D eigenvalue weighted by Crippen LogP contribution is -2.06. The van der Waals surface area contributed by atoms with E-state index in [1.54, 1.807) is 11.3 Å². The van der Waals surface area contributed by atoms with Gasteiger partial charge < -0.3 is 14.3 Å². The number of H-pyrrole nitrogens is 1. The number of hydrogen-bond donors (Lipinski definition) is 1. The fourth-order valence-corrected chi connectivity index (χ4v) is 3.38. The third-order valence-electron chi connectivity index (χ3n) is 3.21. The molecule has 1 N–H and O–H groups in total. The van der Waals surface area contributed by atoms with Crippen LogP contribution in [-0.4, -0.2) is 21.1 Å². The Bertz CT molecular complexity index is 773. The summed E-state index contributed by atoms with van der Waals surface area (Å²) in [5, 5.41) is 3.03. The van der Waals surface area contributed by atoms with E-state index in [0.717, 1.165) is 21.8 Å². The predicted octanol–water partition coefficient (Wildman–Crippen LogP) is 4.16. The molecule has 1 aromatic carbocycles. The Hall–Kier alpha value is -1.66. The number of rotatable bonds is 4. The summed E-state index contributed by atoms with van der Waals surface area (Å²) in [4.78, 5) is 7.64. The van der Waals surface area contributed by atoms with E-state index in [1.165, 1.54) is 0 Å². The molecule has 1 unspecified atom stereocenters. The van der Waals surface area contributed by atoms with E-state index in [4.69, 9.17) is 17.0 Å². The van der Waals surface area contributed by atoms with Crippen molar-refractivity contribution in [3.8, 4) is 5.75 Å². The fourth-order valence-electron chi connectivity index (χ4n) is 2.33. The van der Waals surface area contributed by atoms with Crippen molar-refractivity contribution in [3.05, 3.63) is 39.6 Å². The summed E-state index contributed by atoms with van der Waals surface area (Å²) in [5.74, 6) is 0.834. The minimum atomic E-state index is 0.105. The average molecular weight is 305 g/mol. The van der Waals surface area contributed by atoms with Crippen molar-refractivity contribution in [1.82, 2.24) is 14.5 Å². The van der Waals surface area contributed by atoms with Gasteiger partial charge in [-0.2, -0.15) is 0 Å². The molecule has 0 bridgehead atoms. The van der Waals surface area contributed by atoms with Crippen molar-refractivity contribution in [3.63, 3.8) is 0 Å². The molecule has 0 spiro atoms. The zero-order valence-electron chi connectivity index (χ0n) is 11.3. The summed E-state index contributed by atoms with van der Waals surface area (Å²) < 4.78 is 8.43. The van der Waals surface area contributed by atoms with Crippen LogP contribution in [-0.2, 0) is 0 Å². The number of hydrogen-bond acceptors (Lipinski definition) is 4. The van der Waals surface area contributed by atoms with Gasteiger partial charge >= 0.3 is 0 Å². The summed E-state index contributed by atoms with van der Waals surface area (Å²) in [6.07, 6.45) is 1.82. The second kappa shape index (κ2) is 5.38. The Morgan fingerprint density at radius 3 is 3.05 bits per heavy atom. The second-order valence-corrected chi connectivity index (χ2v) is 5.74. The molecular formula is C14H15N3OS2. The normalized spacial score (nSPS) is 12.7. The van der Waals surface area contributed by atoms with Crippen LogP contribution in [0.4, 0.5) is 0 Å². The molecule has 4 nitrogen and oxygen atoms in total. The number of imidazole rings is 1. The molecule has 0 aliphatic heterocycles. The number of nitrogens with one attached hydrogen (secondary N) is 1. The van der Waals surface area contributed by atoms with Gasteiger partial charge in [0.25, 0.3) is 0 Å². The molecule has 0 amide bonds. The van der Waals surface area contributed by atoms with Gasteiger partial charge in [0.15, 0.2) is 4.77 Å². The van der Waals surface area contributed by atoms with Gasteiger partial charge in [-0.15, -0.1) is 11.3 Å². The first-order valence-electron chi connectivity index (χ1n) is 6.47. The fraction of sp³-hybridized carbons (Fsp3) is 0.286. The van der Waals surface area contributed by atoms with Gasteiger partial charge in [0, 0.05) is 11.6 Å². The van der Waals surface area contributed by atoms with E-state index in [1.807, 2.05) is 36.7 Å². The molecule has 0 saturated carbocycles. The van der Waals surface area contributed by atoms with Gasteiger partial charge in [0.05, 0.1) is 18.2 Å². The van der Waals surface area contributed by atoms with Crippen LogP contribution in [0.2, 0.25) is 0 Å². The highest BCUT2D eigenvalue weighted by atomic mass is 32.1. The number of nitrogens with zero attached hydrogens (tertiary/aromatic N) is 2. The number of para-hydroxylation sites is 1. The molecule has 3 rings (SSSR count). The van der Waals surface area contributed by atoms with Crippen molar-refractivity contribution < 1.29 is 4.74 Å². The molecule has 20 heavy (non-hydrogen) atoms. The van der Waals surface area contributed by atoms with Crippen LogP contribution in [0, 0.1) is 4.77 Å². The van der Waals surface area contributed by atoms with Crippen molar-refractivity contribution in [1.29, 1.82) is 0 Å². The molecule has 0 fully saturated rings. The van der Waals surface area contributed by atoms with Crippen LogP contribution in [0.25, 0.3) is 11.0 Å². The highest BCUT2D eigenvalue weighted by Gasteiger charge is 2.16. The van der Waals surface area contributed by atoms with E-state index < -0.39 is 0 Å². The Kier molecular flexibility index (Phi) is 3.58. The SMILES string of the molecule is CCOc1cccc2c1[nH]c(=S)n2C(C)c1nccs1. The monoisotopic (exact) mass is 305 g/mol. The number of benzene rings is 1. The van der Waals surface area contributed by atoms with Crippen LogP contribution in [0.3, 0.4) is 0 Å². The van der Waals surface area contributed by atoms with Gasteiger partial charge in [0.2, 0.25) is 0 Å². The first-order valence-corrected chi connectivity index (χ1v) is 7.76. The highest BCUT2D eigenvalue weighted by Crippen LogP contribution is 2.30. The smallest absolute Gasteiger partial charge is 0.178 e. The molecule has 2 heterocycles. The number of thiazole rings is 1. The van der Waals surface area contributed by atoms with Crippen molar-refractivity contribution in [2.45, 2.75) is 19.9 Å². The Balaban J connectivity index is 2.19.